The zero-order chi connectivity index (χ0) is 36.0. The molecule has 0 saturated heterocycles. The molecule has 0 spiro atoms. The standard InChI is InChI=1S/C29H52FN7O10/c1-28(2,3)46-26(44)36-23(35-25(42)43)33-16-10-8-7-9-14-31-21(38)20(30)22(39)32-15-11-12-18-37(19-13-17-34-24(40)41)27(45)47-29(4,5)6/h20,34H,7-19H2,1-6H3,(H,31,38)(H,32,39)(H,40,41)(H,42,43)(H2,33,35,36,44). The fourth-order valence-corrected chi connectivity index (χ4v) is 3.63. The highest BCUT2D eigenvalue weighted by Crippen LogP contribution is 2.11. The number of nitrogens with one attached hydrogen (secondary N) is 5. The molecule has 1 atom stereocenters. The summed E-state index contributed by atoms with van der Waals surface area (Å²) in [4.78, 5) is 75.4. The van der Waals surface area contributed by atoms with Crippen molar-refractivity contribution in [3.05, 3.63) is 0 Å². The van der Waals surface area contributed by atoms with Crippen LogP contribution in [0.25, 0.3) is 0 Å². The van der Waals surface area contributed by atoms with Gasteiger partial charge in [0.25, 0.3) is 18.0 Å². The van der Waals surface area contributed by atoms with E-state index in [0.717, 1.165) is 0 Å². The fourth-order valence-electron chi connectivity index (χ4n) is 3.63. The molecule has 0 radical (unpaired) electrons. The van der Waals surface area contributed by atoms with Gasteiger partial charge in [-0.1, -0.05) is 12.8 Å². The first-order chi connectivity index (χ1) is 21.8. The van der Waals surface area contributed by atoms with Gasteiger partial charge in [0.1, 0.15) is 11.2 Å². The summed E-state index contributed by atoms with van der Waals surface area (Å²) in [5, 5.41) is 28.8. The minimum atomic E-state index is -2.39. The van der Waals surface area contributed by atoms with Gasteiger partial charge in [-0.2, -0.15) is 0 Å². The molecule has 0 aromatic heterocycles. The first kappa shape index (κ1) is 42.6. The Morgan fingerprint density at radius 3 is 1.72 bits per heavy atom. The summed E-state index contributed by atoms with van der Waals surface area (Å²) in [7, 11) is 0. The van der Waals surface area contributed by atoms with E-state index < -0.39 is 53.6 Å². The van der Waals surface area contributed by atoms with Crippen LogP contribution in [0.3, 0.4) is 0 Å². The highest BCUT2D eigenvalue weighted by atomic mass is 19.1. The Morgan fingerprint density at radius 1 is 0.681 bits per heavy atom. The summed E-state index contributed by atoms with van der Waals surface area (Å²) in [5.74, 6) is -2.40. The lowest BCUT2D eigenvalue weighted by Gasteiger charge is -2.27. The number of carboxylic acid groups (broad SMARTS) is 2. The lowest BCUT2D eigenvalue weighted by Crippen LogP contribution is -2.45. The van der Waals surface area contributed by atoms with Crippen molar-refractivity contribution in [1.82, 2.24) is 31.5 Å². The minimum absolute atomic E-state index is 0.0781. The number of rotatable bonds is 18. The lowest BCUT2D eigenvalue weighted by molar-refractivity contribution is -0.136. The van der Waals surface area contributed by atoms with Crippen LogP contribution in [-0.4, -0.2) is 114 Å². The van der Waals surface area contributed by atoms with Gasteiger partial charge < -0.3 is 40.5 Å². The molecule has 0 rings (SSSR count). The molecule has 1 unspecified atom stereocenters. The minimum Gasteiger partial charge on any atom is -0.465 e. The molecule has 18 heteroatoms. The first-order valence-electron chi connectivity index (χ1n) is 15.5. The molecular weight excluding hydrogens is 625 g/mol. The normalized spacial score (nSPS) is 12.3. The average Bonchev–Trinajstić information content (AvgIpc) is 2.91. The largest absolute Gasteiger partial charge is 0.465 e. The molecular formula is C29H52FN7O10. The van der Waals surface area contributed by atoms with Crippen molar-refractivity contribution in [2.45, 2.75) is 104 Å². The zero-order valence-electron chi connectivity index (χ0n) is 28.2. The number of ether oxygens (including phenoxy) is 2. The maximum atomic E-state index is 14.3. The Hall–Kier alpha value is -4.38. The van der Waals surface area contributed by atoms with Crippen molar-refractivity contribution in [2.75, 3.05) is 39.3 Å². The molecule has 7 N–H and O–H groups in total. The van der Waals surface area contributed by atoms with Crippen LogP contribution in [0.1, 0.15) is 86.5 Å². The van der Waals surface area contributed by atoms with Crippen molar-refractivity contribution in [3.8, 4) is 0 Å². The second-order valence-corrected chi connectivity index (χ2v) is 12.4. The van der Waals surface area contributed by atoms with E-state index >= 15 is 0 Å². The van der Waals surface area contributed by atoms with Crippen LogP contribution in [0.5, 0.6) is 0 Å². The molecule has 0 fully saturated rings. The third-order valence-electron chi connectivity index (χ3n) is 5.65. The number of nitrogens with zero attached hydrogens (tertiary/aromatic N) is 2. The number of halogens is 1. The highest BCUT2D eigenvalue weighted by Gasteiger charge is 2.25. The van der Waals surface area contributed by atoms with Gasteiger partial charge in [-0.25, -0.2) is 23.6 Å². The van der Waals surface area contributed by atoms with E-state index in [1.807, 2.05) is 5.32 Å². The van der Waals surface area contributed by atoms with Crippen LogP contribution in [0, 0.1) is 0 Å². The van der Waals surface area contributed by atoms with Gasteiger partial charge in [-0.05, 0) is 73.6 Å². The molecule has 0 aliphatic rings. The van der Waals surface area contributed by atoms with Crippen LogP contribution in [0.2, 0.25) is 0 Å². The van der Waals surface area contributed by atoms with Crippen molar-refractivity contribution < 1.29 is 52.8 Å². The third kappa shape index (κ3) is 24.5. The Bertz CT molecular complexity index is 1060. The third-order valence-corrected chi connectivity index (χ3v) is 5.65. The smallest absolute Gasteiger partial charge is 0.414 e. The highest BCUT2D eigenvalue weighted by molar-refractivity contribution is 6.03. The molecule has 0 heterocycles. The summed E-state index contributed by atoms with van der Waals surface area (Å²) < 4.78 is 24.8. The average molecular weight is 678 g/mol. The molecule has 270 valence electrons. The van der Waals surface area contributed by atoms with Crippen molar-refractivity contribution in [3.63, 3.8) is 0 Å². The number of carbonyl (C=O) groups is 6. The molecule has 0 aliphatic carbocycles. The summed E-state index contributed by atoms with van der Waals surface area (Å²) in [6.45, 7) is 11.2. The Labute approximate surface area is 274 Å². The molecule has 0 bridgehead atoms. The van der Waals surface area contributed by atoms with Gasteiger partial charge in [0.05, 0.1) is 0 Å². The van der Waals surface area contributed by atoms with E-state index in [4.69, 9.17) is 19.7 Å². The number of hydrogen-bond donors (Lipinski definition) is 7. The second kappa shape index (κ2) is 22.2. The number of aliphatic imine (C=N–C) groups is 1. The molecule has 0 saturated carbocycles. The van der Waals surface area contributed by atoms with Crippen LogP contribution in [0.4, 0.5) is 23.6 Å². The summed E-state index contributed by atoms with van der Waals surface area (Å²) in [6.07, 6.45) is -2.83. The Balaban J connectivity index is 4.36. The number of unbranched alkanes of at least 4 members (excludes halogenated alkanes) is 4. The number of alkyl halides is 1. The number of carbonyl (C=O) groups excluding carboxylic acids is 4. The predicted octanol–water partition coefficient (Wildman–Crippen LogP) is 2.94. The monoisotopic (exact) mass is 677 g/mol. The van der Waals surface area contributed by atoms with Crippen LogP contribution < -0.4 is 26.6 Å². The maximum Gasteiger partial charge on any atom is 0.414 e. The van der Waals surface area contributed by atoms with Crippen LogP contribution >= 0.6 is 0 Å². The van der Waals surface area contributed by atoms with E-state index in [2.05, 4.69) is 26.3 Å². The van der Waals surface area contributed by atoms with Gasteiger partial charge >= 0.3 is 24.4 Å². The molecule has 6 amide bonds. The quantitative estimate of drug-likeness (QED) is 0.0484. The number of amides is 6. The molecule has 0 aliphatic heterocycles. The SMILES string of the molecule is CC(C)(C)OC(=O)NC(=NCCCCCCNC(=O)C(F)C(=O)NCCCCN(CCCNC(=O)O)C(=O)OC(C)(C)C)NC(=O)O. The van der Waals surface area contributed by atoms with E-state index in [9.17, 15) is 33.2 Å². The van der Waals surface area contributed by atoms with Crippen molar-refractivity contribution in [1.29, 1.82) is 0 Å². The van der Waals surface area contributed by atoms with E-state index in [-0.39, 0.29) is 45.2 Å². The summed E-state index contributed by atoms with van der Waals surface area (Å²) >= 11 is 0. The van der Waals surface area contributed by atoms with Gasteiger partial charge in [-0.3, -0.25) is 25.2 Å². The zero-order valence-corrected chi connectivity index (χ0v) is 28.2. The molecule has 0 aromatic rings. The predicted molar refractivity (Wildman–Crippen MR) is 170 cm³/mol. The number of hydrogen-bond acceptors (Lipinski definition) is 9. The molecule has 17 nitrogen and oxygen atoms in total. The molecule has 47 heavy (non-hydrogen) atoms. The first-order valence-corrected chi connectivity index (χ1v) is 15.5. The number of guanidine groups is 1. The van der Waals surface area contributed by atoms with Crippen LogP contribution in [0.15, 0.2) is 4.99 Å². The van der Waals surface area contributed by atoms with Crippen LogP contribution in [-0.2, 0) is 19.1 Å². The lowest BCUT2D eigenvalue weighted by atomic mass is 10.2. The fraction of sp³-hybridized carbons (Fsp3) is 0.759. The van der Waals surface area contributed by atoms with Crippen molar-refractivity contribution in [2.24, 2.45) is 4.99 Å². The topological polar surface area (TPSA) is 237 Å². The Morgan fingerprint density at radius 2 is 1.19 bits per heavy atom. The van der Waals surface area contributed by atoms with Gasteiger partial charge in [-0.15, -0.1) is 0 Å². The van der Waals surface area contributed by atoms with E-state index in [0.29, 0.717) is 44.9 Å². The van der Waals surface area contributed by atoms with Gasteiger partial charge in [0.2, 0.25) is 5.96 Å². The van der Waals surface area contributed by atoms with Crippen molar-refractivity contribution >= 4 is 42.1 Å². The van der Waals surface area contributed by atoms with Gasteiger partial charge in [0.15, 0.2) is 0 Å². The maximum absolute atomic E-state index is 14.3. The summed E-state index contributed by atoms with van der Waals surface area (Å²) in [5.41, 5.74) is -1.49. The van der Waals surface area contributed by atoms with E-state index in [1.165, 1.54) is 4.90 Å². The van der Waals surface area contributed by atoms with E-state index in [1.54, 1.807) is 41.5 Å². The molecule has 0 aromatic carbocycles. The summed E-state index contributed by atoms with van der Waals surface area (Å²) in [6, 6.07) is 0. The van der Waals surface area contributed by atoms with Gasteiger partial charge in [0, 0.05) is 39.3 Å². The Kier molecular flexibility index (Phi) is 20.1. The number of alkyl carbamates (subject to hydrolysis) is 1. The second-order valence-electron chi connectivity index (χ2n) is 12.4.